The van der Waals surface area contributed by atoms with E-state index in [0.29, 0.717) is 17.5 Å². The minimum atomic E-state index is 0.355. The first kappa shape index (κ1) is 16.0. The lowest BCUT2D eigenvalue weighted by Crippen LogP contribution is -2.25. The summed E-state index contributed by atoms with van der Waals surface area (Å²) in [5.74, 6) is 2.86. The van der Waals surface area contributed by atoms with Gasteiger partial charge in [-0.15, -0.1) is 0 Å². The first-order valence-electron chi connectivity index (χ1n) is 8.16. The van der Waals surface area contributed by atoms with Gasteiger partial charge in [0.25, 0.3) is 0 Å². The fraction of sp³-hybridized carbons (Fsp3) is 0.263. The number of hydrogen-bond acceptors (Lipinski definition) is 4. The lowest BCUT2D eigenvalue weighted by atomic mass is 9.96. The first-order chi connectivity index (χ1) is 12.3. The number of hydrogen-bond donors (Lipinski definition) is 0. The highest BCUT2D eigenvalue weighted by atomic mass is 35.5. The van der Waals surface area contributed by atoms with Crippen molar-refractivity contribution in [3.05, 3.63) is 59.6 Å². The van der Waals surface area contributed by atoms with Gasteiger partial charge in [0, 0.05) is 42.8 Å². The van der Waals surface area contributed by atoms with Crippen LogP contribution in [0.15, 0.2) is 49.1 Å². The second kappa shape index (κ2) is 6.76. The van der Waals surface area contributed by atoms with Crippen LogP contribution in [0.25, 0.3) is 11.4 Å². The maximum absolute atomic E-state index is 6.28. The van der Waals surface area contributed by atoms with E-state index in [4.69, 9.17) is 21.1 Å². The van der Waals surface area contributed by atoms with E-state index in [1.165, 1.54) is 5.56 Å². The fourth-order valence-electron chi connectivity index (χ4n) is 3.27. The largest absolute Gasteiger partial charge is 0.493 e. The molecule has 6 heteroatoms. The number of methoxy groups -OCH3 is 1. The SMILES string of the molecule is COc1cccc2c1OCC(Cn1ccnc1-c1ccncc1Cl)C2. The molecule has 25 heavy (non-hydrogen) atoms. The summed E-state index contributed by atoms with van der Waals surface area (Å²) in [4.78, 5) is 8.52. The Kier molecular flexibility index (Phi) is 4.32. The van der Waals surface area contributed by atoms with E-state index in [2.05, 4.69) is 20.6 Å². The quantitative estimate of drug-likeness (QED) is 0.713. The van der Waals surface area contributed by atoms with E-state index >= 15 is 0 Å². The van der Waals surface area contributed by atoms with Gasteiger partial charge < -0.3 is 14.0 Å². The average Bonchev–Trinajstić information content (AvgIpc) is 3.09. The van der Waals surface area contributed by atoms with Crippen LogP contribution in [0.5, 0.6) is 11.5 Å². The average molecular weight is 356 g/mol. The summed E-state index contributed by atoms with van der Waals surface area (Å²) < 4.78 is 13.5. The van der Waals surface area contributed by atoms with E-state index in [-0.39, 0.29) is 0 Å². The van der Waals surface area contributed by atoms with Crippen LogP contribution in [0.4, 0.5) is 0 Å². The third-order valence-electron chi connectivity index (χ3n) is 4.44. The Morgan fingerprint density at radius 1 is 1.32 bits per heavy atom. The minimum Gasteiger partial charge on any atom is -0.493 e. The molecule has 1 atom stereocenters. The van der Waals surface area contributed by atoms with Crippen molar-refractivity contribution in [3.8, 4) is 22.9 Å². The van der Waals surface area contributed by atoms with Crippen LogP contribution in [0.1, 0.15) is 5.56 Å². The summed E-state index contributed by atoms with van der Waals surface area (Å²) in [6, 6.07) is 7.92. The van der Waals surface area contributed by atoms with Gasteiger partial charge in [-0.25, -0.2) is 4.98 Å². The summed E-state index contributed by atoms with van der Waals surface area (Å²) in [6.45, 7) is 1.46. The standard InChI is InChI=1S/C19H18ClN3O2/c1-24-17-4-2-3-14-9-13(12-25-18(14)17)11-23-8-7-22-19(23)15-5-6-21-10-16(15)20/h2-8,10,13H,9,11-12H2,1H3. The zero-order valence-electron chi connectivity index (χ0n) is 13.9. The summed E-state index contributed by atoms with van der Waals surface area (Å²) in [5, 5.41) is 0.602. The second-order valence-corrected chi connectivity index (χ2v) is 6.50. The van der Waals surface area contributed by atoms with Crippen molar-refractivity contribution in [1.29, 1.82) is 0 Å². The van der Waals surface area contributed by atoms with E-state index < -0.39 is 0 Å². The summed E-state index contributed by atoms with van der Waals surface area (Å²) >= 11 is 6.28. The Morgan fingerprint density at radius 3 is 3.08 bits per heavy atom. The molecule has 3 heterocycles. The van der Waals surface area contributed by atoms with Gasteiger partial charge in [-0.05, 0) is 24.1 Å². The minimum absolute atomic E-state index is 0.355. The molecule has 1 aliphatic rings. The summed E-state index contributed by atoms with van der Waals surface area (Å²) in [7, 11) is 1.67. The Morgan fingerprint density at radius 2 is 2.24 bits per heavy atom. The van der Waals surface area contributed by atoms with Gasteiger partial charge in [0.05, 0.1) is 18.7 Å². The third kappa shape index (κ3) is 3.07. The number of fused-ring (bicyclic) bond motifs is 1. The van der Waals surface area contributed by atoms with Crippen LogP contribution in [0.2, 0.25) is 5.02 Å². The van der Waals surface area contributed by atoms with Gasteiger partial charge >= 0.3 is 0 Å². The molecule has 128 valence electrons. The topological polar surface area (TPSA) is 49.2 Å². The molecule has 1 aromatic carbocycles. The Labute approximate surface area is 151 Å². The predicted molar refractivity (Wildman–Crippen MR) is 96.2 cm³/mol. The molecule has 0 amide bonds. The number of aromatic nitrogens is 3. The van der Waals surface area contributed by atoms with Gasteiger partial charge in [0.15, 0.2) is 11.5 Å². The van der Waals surface area contributed by atoms with Gasteiger partial charge in [-0.3, -0.25) is 4.98 Å². The van der Waals surface area contributed by atoms with E-state index in [1.54, 1.807) is 25.7 Å². The Hall–Kier alpha value is -2.53. The molecular formula is C19H18ClN3O2. The van der Waals surface area contributed by atoms with Crippen LogP contribution < -0.4 is 9.47 Å². The number of halogens is 1. The lowest BCUT2D eigenvalue weighted by molar-refractivity contribution is 0.198. The normalized spacial score (nSPS) is 16.2. The number of imidazole rings is 1. The molecule has 0 fully saturated rings. The molecule has 0 saturated heterocycles. The van der Waals surface area contributed by atoms with Gasteiger partial charge in [0.1, 0.15) is 5.82 Å². The highest BCUT2D eigenvalue weighted by molar-refractivity contribution is 6.33. The first-order valence-corrected chi connectivity index (χ1v) is 8.53. The molecule has 3 aromatic rings. The number of ether oxygens (including phenoxy) is 2. The van der Waals surface area contributed by atoms with Crippen LogP contribution in [0.3, 0.4) is 0 Å². The molecular weight excluding hydrogens is 338 g/mol. The van der Waals surface area contributed by atoms with E-state index in [1.807, 2.05) is 24.4 Å². The third-order valence-corrected chi connectivity index (χ3v) is 4.74. The fourth-order valence-corrected chi connectivity index (χ4v) is 3.47. The molecule has 0 N–H and O–H groups in total. The van der Waals surface area contributed by atoms with Crippen LogP contribution in [-0.2, 0) is 13.0 Å². The molecule has 0 bridgehead atoms. The highest BCUT2D eigenvalue weighted by Gasteiger charge is 2.24. The molecule has 4 rings (SSSR count). The molecule has 0 saturated carbocycles. The number of rotatable bonds is 4. The molecule has 0 aliphatic carbocycles. The number of pyridine rings is 1. The van der Waals surface area contributed by atoms with Crippen molar-refractivity contribution in [2.24, 2.45) is 5.92 Å². The van der Waals surface area contributed by atoms with Gasteiger partial charge in [0.2, 0.25) is 0 Å². The molecule has 0 spiro atoms. The van der Waals surface area contributed by atoms with E-state index in [9.17, 15) is 0 Å². The van der Waals surface area contributed by atoms with Crippen molar-refractivity contribution < 1.29 is 9.47 Å². The summed E-state index contributed by atoms with van der Waals surface area (Å²) in [6.07, 6.45) is 8.09. The van der Waals surface area contributed by atoms with Crippen LogP contribution >= 0.6 is 11.6 Å². The van der Waals surface area contributed by atoms with Crippen molar-refractivity contribution in [2.75, 3.05) is 13.7 Å². The van der Waals surface area contributed by atoms with Crippen LogP contribution in [0, 0.1) is 5.92 Å². The molecule has 1 aliphatic heterocycles. The zero-order valence-corrected chi connectivity index (χ0v) is 14.6. The molecule has 5 nitrogen and oxygen atoms in total. The Balaban J connectivity index is 1.57. The number of para-hydroxylation sites is 1. The monoisotopic (exact) mass is 355 g/mol. The lowest BCUT2D eigenvalue weighted by Gasteiger charge is -2.27. The smallest absolute Gasteiger partial charge is 0.164 e. The maximum atomic E-state index is 6.28. The second-order valence-electron chi connectivity index (χ2n) is 6.09. The zero-order chi connectivity index (χ0) is 17.2. The van der Waals surface area contributed by atoms with Crippen molar-refractivity contribution in [1.82, 2.24) is 14.5 Å². The van der Waals surface area contributed by atoms with Gasteiger partial charge in [-0.1, -0.05) is 23.7 Å². The van der Waals surface area contributed by atoms with Gasteiger partial charge in [-0.2, -0.15) is 0 Å². The van der Waals surface area contributed by atoms with Crippen molar-refractivity contribution in [2.45, 2.75) is 13.0 Å². The maximum Gasteiger partial charge on any atom is 0.164 e. The predicted octanol–water partition coefficient (Wildman–Crippen LogP) is 3.86. The molecule has 0 radical (unpaired) electrons. The van der Waals surface area contributed by atoms with E-state index in [0.717, 1.165) is 35.9 Å². The summed E-state index contributed by atoms with van der Waals surface area (Å²) in [5.41, 5.74) is 2.07. The Bertz CT molecular complexity index is 894. The van der Waals surface area contributed by atoms with Crippen molar-refractivity contribution >= 4 is 11.6 Å². The number of benzene rings is 1. The molecule has 2 aromatic heterocycles. The number of nitrogens with zero attached hydrogens (tertiary/aromatic N) is 3. The van der Waals surface area contributed by atoms with Crippen molar-refractivity contribution in [3.63, 3.8) is 0 Å². The molecule has 1 unspecified atom stereocenters. The highest BCUT2D eigenvalue weighted by Crippen LogP contribution is 2.36. The van der Waals surface area contributed by atoms with Crippen LogP contribution in [-0.4, -0.2) is 28.3 Å².